The molecule has 0 bridgehead atoms. The summed E-state index contributed by atoms with van der Waals surface area (Å²) in [7, 11) is 0. The summed E-state index contributed by atoms with van der Waals surface area (Å²) >= 11 is 0. The van der Waals surface area contributed by atoms with Gasteiger partial charge in [0.15, 0.2) is 5.60 Å². The molecule has 0 aromatic heterocycles. The molecule has 12 heteroatoms. The molecule has 140 valence electrons. The van der Waals surface area contributed by atoms with Crippen molar-refractivity contribution in [2.45, 2.75) is 24.9 Å². The van der Waals surface area contributed by atoms with Crippen molar-refractivity contribution in [1.82, 2.24) is 5.32 Å². The van der Waals surface area contributed by atoms with Gasteiger partial charge in [0.2, 0.25) is 0 Å². The van der Waals surface area contributed by atoms with Gasteiger partial charge in [-0.3, -0.25) is 9.59 Å². The average molecular weight is 376 g/mol. The Hall–Kier alpha value is -2.37. The molecule has 1 aromatic rings. The average Bonchev–Trinajstić information content (AvgIpc) is 2.44. The summed E-state index contributed by atoms with van der Waals surface area (Å²) in [5, 5.41) is 12.8. The van der Waals surface area contributed by atoms with Crippen molar-refractivity contribution >= 4 is 17.5 Å². The summed E-state index contributed by atoms with van der Waals surface area (Å²) in [4.78, 5) is 22.4. The fourth-order valence-corrected chi connectivity index (χ4v) is 1.52. The van der Waals surface area contributed by atoms with Gasteiger partial charge in [0, 0.05) is 5.69 Å². The Morgan fingerprint density at radius 2 is 1.64 bits per heavy atom. The minimum absolute atomic E-state index is 0.248. The summed E-state index contributed by atoms with van der Waals surface area (Å²) in [6.07, 6.45) is -10.3. The lowest BCUT2D eigenvalue weighted by atomic mass is 10.1. The van der Waals surface area contributed by atoms with Gasteiger partial charge in [0.1, 0.15) is 5.82 Å². The number of hydrogen-bond acceptors (Lipinski definition) is 3. The number of amides is 2. The number of alkyl halides is 6. The van der Waals surface area contributed by atoms with Crippen LogP contribution in [0.1, 0.15) is 12.5 Å². The van der Waals surface area contributed by atoms with Gasteiger partial charge in [-0.25, -0.2) is 4.39 Å². The molecule has 25 heavy (non-hydrogen) atoms. The first-order valence-electron chi connectivity index (χ1n) is 6.40. The van der Waals surface area contributed by atoms with Crippen LogP contribution in [0.15, 0.2) is 18.2 Å². The van der Waals surface area contributed by atoms with Crippen molar-refractivity contribution in [2.75, 3.05) is 11.9 Å². The van der Waals surface area contributed by atoms with Gasteiger partial charge in [0.05, 0.1) is 12.1 Å². The van der Waals surface area contributed by atoms with E-state index in [1.165, 1.54) is 5.32 Å². The van der Waals surface area contributed by atoms with E-state index in [9.17, 15) is 45.4 Å². The summed E-state index contributed by atoms with van der Waals surface area (Å²) in [6.45, 7) is -0.433. The Morgan fingerprint density at radius 3 is 2.12 bits per heavy atom. The highest BCUT2D eigenvalue weighted by molar-refractivity contribution is 5.97. The topological polar surface area (TPSA) is 78.4 Å². The van der Waals surface area contributed by atoms with Crippen LogP contribution in [0, 0.1) is 5.82 Å². The lowest BCUT2D eigenvalue weighted by Gasteiger charge is -2.23. The van der Waals surface area contributed by atoms with Gasteiger partial charge in [-0.1, -0.05) is 0 Å². The van der Waals surface area contributed by atoms with E-state index < -0.39 is 53.4 Å². The molecule has 0 aliphatic heterocycles. The number of aliphatic hydroxyl groups is 1. The third-order valence-electron chi connectivity index (χ3n) is 2.87. The molecule has 0 fully saturated rings. The number of hydrogen-bond donors (Lipinski definition) is 3. The van der Waals surface area contributed by atoms with Crippen LogP contribution in [-0.4, -0.2) is 35.2 Å². The molecule has 0 aliphatic carbocycles. The number of carbonyl (C=O) groups excluding carboxylic acids is 2. The van der Waals surface area contributed by atoms with E-state index >= 15 is 0 Å². The number of carbonyl (C=O) groups is 2. The predicted molar refractivity (Wildman–Crippen MR) is 69.7 cm³/mol. The molecule has 2 amide bonds. The second-order valence-electron chi connectivity index (χ2n) is 5.10. The molecule has 1 rings (SSSR count). The van der Waals surface area contributed by atoms with Gasteiger partial charge < -0.3 is 15.7 Å². The Labute approximate surface area is 135 Å². The molecule has 0 saturated carbocycles. The molecule has 0 spiro atoms. The predicted octanol–water partition coefficient (Wildman–Crippen LogP) is 2.21. The summed E-state index contributed by atoms with van der Waals surface area (Å²) in [5.41, 5.74) is -4.82. The van der Waals surface area contributed by atoms with E-state index in [4.69, 9.17) is 0 Å². The van der Waals surface area contributed by atoms with Crippen LogP contribution in [0.3, 0.4) is 0 Å². The van der Waals surface area contributed by atoms with Gasteiger partial charge in [-0.15, -0.1) is 0 Å². The van der Waals surface area contributed by atoms with Gasteiger partial charge in [-0.2, -0.15) is 26.3 Å². The molecule has 3 N–H and O–H groups in total. The third kappa shape index (κ3) is 5.59. The highest BCUT2D eigenvalue weighted by Crippen LogP contribution is 2.33. The second-order valence-corrected chi connectivity index (χ2v) is 5.10. The van der Waals surface area contributed by atoms with Crippen LogP contribution < -0.4 is 10.6 Å². The first-order valence-corrected chi connectivity index (χ1v) is 6.40. The molecule has 0 aliphatic rings. The van der Waals surface area contributed by atoms with Crippen LogP contribution in [0.25, 0.3) is 0 Å². The Morgan fingerprint density at radius 1 is 1.08 bits per heavy atom. The van der Waals surface area contributed by atoms with Crippen molar-refractivity contribution in [3.63, 3.8) is 0 Å². The zero-order valence-electron chi connectivity index (χ0n) is 12.3. The Balaban J connectivity index is 2.86. The number of halogens is 7. The van der Waals surface area contributed by atoms with Gasteiger partial charge in [-0.05, 0) is 25.1 Å². The summed E-state index contributed by atoms with van der Waals surface area (Å²) in [5.74, 6) is -5.42. The number of anilines is 1. The summed E-state index contributed by atoms with van der Waals surface area (Å²) < 4.78 is 86.9. The Kier molecular flexibility index (Phi) is 5.67. The first kappa shape index (κ1) is 20.7. The van der Waals surface area contributed by atoms with Crippen LogP contribution >= 0.6 is 0 Å². The maximum absolute atomic E-state index is 13.1. The molecular weight excluding hydrogens is 365 g/mol. The van der Waals surface area contributed by atoms with Crippen LogP contribution in [0.5, 0.6) is 0 Å². The van der Waals surface area contributed by atoms with Crippen molar-refractivity contribution in [3.8, 4) is 0 Å². The van der Waals surface area contributed by atoms with Crippen molar-refractivity contribution in [2.24, 2.45) is 0 Å². The number of nitrogens with one attached hydrogen (secondary N) is 2. The van der Waals surface area contributed by atoms with E-state index in [-0.39, 0.29) is 6.07 Å². The van der Waals surface area contributed by atoms with Crippen LogP contribution in [0.4, 0.5) is 36.4 Å². The van der Waals surface area contributed by atoms with E-state index in [1.54, 1.807) is 5.32 Å². The van der Waals surface area contributed by atoms with Gasteiger partial charge >= 0.3 is 18.3 Å². The van der Waals surface area contributed by atoms with Crippen molar-refractivity contribution < 1.29 is 45.4 Å². The van der Waals surface area contributed by atoms with E-state index in [1.807, 2.05) is 0 Å². The lowest BCUT2D eigenvalue weighted by Crippen LogP contribution is -2.51. The molecule has 1 atom stereocenters. The van der Waals surface area contributed by atoms with E-state index in [0.29, 0.717) is 6.07 Å². The maximum Gasteiger partial charge on any atom is 0.471 e. The largest absolute Gasteiger partial charge is 0.471 e. The fraction of sp³-hybridized carbons (Fsp3) is 0.385. The minimum Gasteiger partial charge on any atom is -0.378 e. The highest BCUT2D eigenvalue weighted by atomic mass is 19.4. The third-order valence-corrected chi connectivity index (χ3v) is 2.87. The highest BCUT2D eigenvalue weighted by Gasteiger charge is 2.41. The molecule has 1 aromatic carbocycles. The van der Waals surface area contributed by atoms with E-state index in [2.05, 4.69) is 0 Å². The molecule has 1 unspecified atom stereocenters. The Bertz CT molecular complexity index is 669. The lowest BCUT2D eigenvalue weighted by molar-refractivity contribution is -0.174. The van der Waals surface area contributed by atoms with Crippen molar-refractivity contribution in [3.05, 3.63) is 29.6 Å². The summed E-state index contributed by atoms with van der Waals surface area (Å²) in [6, 6.07) is 1.42. The first-order chi connectivity index (χ1) is 11.1. The number of rotatable bonds is 4. The monoisotopic (exact) mass is 376 g/mol. The molecular formula is C13H11F7N2O3. The van der Waals surface area contributed by atoms with Crippen molar-refractivity contribution in [1.29, 1.82) is 0 Å². The standard InChI is InChI=1S/C13H11F7N2O3/c1-11(25,5-21-10(24)13(18,19)20)9(23)22-6-2-3-8(14)7(4-6)12(15,16)17/h2-4,25H,5H2,1H3,(H,21,24)(H,22,23). The second kappa shape index (κ2) is 6.86. The fourth-order valence-electron chi connectivity index (χ4n) is 1.52. The van der Waals surface area contributed by atoms with Crippen LogP contribution in [-0.2, 0) is 15.8 Å². The smallest absolute Gasteiger partial charge is 0.378 e. The zero-order chi connectivity index (χ0) is 19.6. The SMILES string of the molecule is CC(O)(CNC(=O)C(F)(F)F)C(=O)Nc1ccc(F)c(C(F)(F)F)c1. The quantitative estimate of drug-likeness (QED) is 0.706. The molecule has 0 radical (unpaired) electrons. The number of benzene rings is 1. The zero-order valence-corrected chi connectivity index (χ0v) is 12.3. The molecule has 0 saturated heterocycles. The molecule has 0 heterocycles. The van der Waals surface area contributed by atoms with Crippen LogP contribution in [0.2, 0.25) is 0 Å². The van der Waals surface area contributed by atoms with Gasteiger partial charge in [0.25, 0.3) is 5.91 Å². The normalized spacial score (nSPS) is 14.6. The molecule has 5 nitrogen and oxygen atoms in total. The maximum atomic E-state index is 13.1. The van der Waals surface area contributed by atoms with E-state index in [0.717, 1.165) is 13.0 Å². The minimum atomic E-state index is -5.24.